The van der Waals surface area contributed by atoms with Crippen molar-refractivity contribution in [2.75, 3.05) is 0 Å². The Hall–Kier alpha value is -0.850. The molecule has 0 aromatic heterocycles. The third-order valence-corrected chi connectivity index (χ3v) is 4.75. The maximum atomic E-state index is 11.5. The van der Waals surface area contributed by atoms with E-state index in [1.165, 1.54) is 31.3 Å². The molecule has 0 N–H and O–H groups in total. The lowest BCUT2D eigenvalue weighted by Gasteiger charge is -2.42. The topological polar surface area (TPSA) is 17.1 Å². The Bertz CT molecular complexity index is 332. The monoisotopic (exact) mass is 248 g/mol. The third-order valence-electron chi connectivity index (χ3n) is 4.75. The Kier molecular flexibility index (Phi) is 5.84. The highest BCUT2D eigenvalue weighted by atomic mass is 16.1. The van der Waals surface area contributed by atoms with Gasteiger partial charge in [0.05, 0.1) is 0 Å². The first-order chi connectivity index (χ1) is 8.63. The minimum atomic E-state index is 0.247. The molecule has 1 nitrogen and oxygen atoms in total. The first-order valence-electron chi connectivity index (χ1n) is 7.53. The molecule has 0 saturated carbocycles. The normalized spacial score (nSPS) is 23.1. The Morgan fingerprint density at radius 2 is 2.00 bits per heavy atom. The lowest BCUT2D eigenvalue weighted by molar-refractivity contribution is -0.114. The van der Waals surface area contributed by atoms with Crippen molar-refractivity contribution >= 4 is 5.78 Å². The van der Waals surface area contributed by atoms with E-state index in [0.717, 1.165) is 6.42 Å². The smallest absolute Gasteiger partial charge is 0.155 e. The number of hydrogen-bond acceptors (Lipinski definition) is 1. The molecule has 0 fully saturated rings. The highest BCUT2D eigenvalue weighted by Gasteiger charge is 2.37. The minimum absolute atomic E-state index is 0.247. The molecule has 1 rings (SSSR count). The van der Waals surface area contributed by atoms with Crippen LogP contribution >= 0.6 is 0 Å². The van der Waals surface area contributed by atoms with E-state index < -0.39 is 0 Å². The summed E-state index contributed by atoms with van der Waals surface area (Å²) in [6.45, 7) is 8.75. The standard InChI is InChI=1S/C17H28O/c1-5-14-10-9-13-17(7-3,8-4)16(14)12-11-15(18)6-2/h10-12,16H,5-9,13H2,1-4H3/b12-11+. The zero-order chi connectivity index (χ0) is 13.6. The fourth-order valence-corrected chi connectivity index (χ4v) is 3.28. The molecule has 1 aliphatic carbocycles. The van der Waals surface area contributed by atoms with Gasteiger partial charge < -0.3 is 0 Å². The van der Waals surface area contributed by atoms with Crippen LogP contribution in [-0.2, 0) is 4.79 Å². The van der Waals surface area contributed by atoms with Gasteiger partial charge in [0.1, 0.15) is 0 Å². The van der Waals surface area contributed by atoms with Crippen molar-refractivity contribution in [3.8, 4) is 0 Å². The van der Waals surface area contributed by atoms with Crippen LogP contribution in [0.4, 0.5) is 0 Å². The number of carbonyl (C=O) groups is 1. The molecule has 0 radical (unpaired) electrons. The van der Waals surface area contributed by atoms with Crippen LogP contribution in [0.1, 0.15) is 66.2 Å². The van der Waals surface area contributed by atoms with Gasteiger partial charge in [-0.05, 0) is 43.6 Å². The summed E-state index contributed by atoms with van der Waals surface area (Å²) in [6.07, 6.45) is 13.0. The summed E-state index contributed by atoms with van der Waals surface area (Å²) in [6, 6.07) is 0. The molecule has 102 valence electrons. The molecule has 0 aliphatic heterocycles. The van der Waals surface area contributed by atoms with Gasteiger partial charge in [0, 0.05) is 12.3 Å². The van der Waals surface area contributed by atoms with Gasteiger partial charge in [0.15, 0.2) is 5.78 Å². The van der Waals surface area contributed by atoms with Crippen LogP contribution < -0.4 is 0 Å². The molecule has 0 bridgehead atoms. The van der Waals surface area contributed by atoms with Crippen LogP contribution in [0.25, 0.3) is 0 Å². The average Bonchev–Trinajstić information content (AvgIpc) is 2.43. The average molecular weight is 248 g/mol. The lowest BCUT2D eigenvalue weighted by atomic mass is 9.62. The van der Waals surface area contributed by atoms with Gasteiger partial charge in [-0.3, -0.25) is 4.79 Å². The third kappa shape index (κ3) is 3.13. The summed E-state index contributed by atoms with van der Waals surface area (Å²) in [5.41, 5.74) is 1.91. The second-order valence-electron chi connectivity index (χ2n) is 5.40. The maximum absolute atomic E-state index is 11.5. The predicted octanol–water partition coefficient (Wildman–Crippen LogP) is 5.07. The summed E-state index contributed by atoms with van der Waals surface area (Å²) < 4.78 is 0. The highest BCUT2D eigenvalue weighted by molar-refractivity contribution is 5.89. The van der Waals surface area contributed by atoms with Gasteiger partial charge in [0.25, 0.3) is 0 Å². The van der Waals surface area contributed by atoms with Crippen LogP contribution in [0.15, 0.2) is 23.8 Å². The quantitative estimate of drug-likeness (QED) is 0.473. The molecule has 1 unspecified atom stereocenters. The molecular formula is C17H28O. The number of hydrogen-bond donors (Lipinski definition) is 0. The molecule has 1 atom stereocenters. The maximum Gasteiger partial charge on any atom is 0.155 e. The van der Waals surface area contributed by atoms with E-state index in [2.05, 4.69) is 32.9 Å². The van der Waals surface area contributed by atoms with Crippen molar-refractivity contribution in [3.05, 3.63) is 23.8 Å². The predicted molar refractivity (Wildman–Crippen MR) is 78.6 cm³/mol. The molecule has 0 amide bonds. The first kappa shape index (κ1) is 15.2. The zero-order valence-electron chi connectivity index (χ0n) is 12.5. The van der Waals surface area contributed by atoms with Crippen LogP contribution in [0.5, 0.6) is 0 Å². The molecule has 0 saturated heterocycles. The molecule has 18 heavy (non-hydrogen) atoms. The minimum Gasteiger partial charge on any atom is -0.295 e. The van der Waals surface area contributed by atoms with Gasteiger partial charge in [0.2, 0.25) is 0 Å². The van der Waals surface area contributed by atoms with Gasteiger partial charge in [-0.15, -0.1) is 0 Å². The second-order valence-corrected chi connectivity index (χ2v) is 5.40. The van der Waals surface area contributed by atoms with Crippen LogP contribution in [0.3, 0.4) is 0 Å². The van der Waals surface area contributed by atoms with Gasteiger partial charge in [-0.1, -0.05) is 45.4 Å². The van der Waals surface area contributed by atoms with E-state index in [1.54, 1.807) is 0 Å². The summed E-state index contributed by atoms with van der Waals surface area (Å²) in [4.78, 5) is 11.5. The van der Waals surface area contributed by atoms with Crippen LogP contribution in [0, 0.1) is 11.3 Å². The highest BCUT2D eigenvalue weighted by Crippen LogP contribution is 2.48. The van der Waals surface area contributed by atoms with E-state index >= 15 is 0 Å². The Morgan fingerprint density at radius 3 is 2.50 bits per heavy atom. The van der Waals surface area contributed by atoms with Crippen molar-refractivity contribution in [2.45, 2.75) is 66.2 Å². The SMILES string of the molecule is CCC(=O)/C=C/C1C(CC)=CCCC1(CC)CC. The first-order valence-corrected chi connectivity index (χ1v) is 7.53. The van der Waals surface area contributed by atoms with Gasteiger partial charge in [-0.2, -0.15) is 0 Å². The van der Waals surface area contributed by atoms with Crippen molar-refractivity contribution in [2.24, 2.45) is 11.3 Å². The summed E-state index contributed by atoms with van der Waals surface area (Å²) in [5.74, 6) is 0.721. The largest absolute Gasteiger partial charge is 0.295 e. The molecule has 0 heterocycles. The second kappa shape index (κ2) is 6.92. The number of carbonyl (C=O) groups excluding carboxylic acids is 1. The number of ketones is 1. The number of allylic oxidation sites excluding steroid dienone is 4. The van der Waals surface area contributed by atoms with Crippen LogP contribution in [0.2, 0.25) is 0 Å². The van der Waals surface area contributed by atoms with Gasteiger partial charge >= 0.3 is 0 Å². The molecule has 1 heteroatoms. The molecule has 1 aliphatic rings. The van der Waals surface area contributed by atoms with Crippen LogP contribution in [-0.4, -0.2) is 5.78 Å². The van der Waals surface area contributed by atoms with Crippen molar-refractivity contribution in [1.82, 2.24) is 0 Å². The molecule has 0 aromatic carbocycles. The van der Waals surface area contributed by atoms with E-state index in [9.17, 15) is 4.79 Å². The van der Waals surface area contributed by atoms with E-state index in [-0.39, 0.29) is 5.78 Å². The Balaban J connectivity index is 3.02. The number of rotatable bonds is 6. The van der Waals surface area contributed by atoms with Crippen molar-refractivity contribution in [3.63, 3.8) is 0 Å². The fraction of sp³-hybridized carbons (Fsp3) is 0.706. The van der Waals surface area contributed by atoms with Crippen molar-refractivity contribution < 1.29 is 4.79 Å². The lowest BCUT2D eigenvalue weighted by Crippen LogP contribution is -2.32. The zero-order valence-corrected chi connectivity index (χ0v) is 12.5. The Labute approximate surface area is 112 Å². The van der Waals surface area contributed by atoms with E-state index in [1.807, 2.05) is 13.0 Å². The summed E-state index contributed by atoms with van der Waals surface area (Å²) >= 11 is 0. The van der Waals surface area contributed by atoms with E-state index in [4.69, 9.17) is 0 Å². The van der Waals surface area contributed by atoms with E-state index in [0.29, 0.717) is 17.8 Å². The Morgan fingerprint density at radius 1 is 1.33 bits per heavy atom. The van der Waals surface area contributed by atoms with Gasteiger partial charge in [-0.25, -0.2) is 0 Å². The van der Waals surface area contributed by atoms with Crippen molar-refractivity contribution in [1.29, 1.82) is 0 Å². The summed E-state index contributed by atoms with van der Waals surface area (Å²) in [7, 11) is 0. The fourth-order valence-electron chi connectivity index (χ4n) is 3.28. The molecule has 0 aromatic rings. The molecule has 0 spiro atoms. The summed E-state index contributed by atoms with van der Waals surface area (Å²) in [5, 5.41) is 0. The molecular weight excluding hydrogens is 220 g/mol.